The molecule has 2 rings (SSSR count). The van der Waals surface area contributed by atoms with Crippen LogP contribution in [0, 0.1) is 0 Å². The van der Waals surface area contributed by atoms with Gasteiger partial charge < -0.3 is 10.2 Å². The molecular weight excluding hydrogens is 496 g/mol. The lowest BCUT2D eigenvalue weighted by Gasteiger charge is -2.04. The van der Waals surface area contributed by atoms with Gasteiger partial charge in [-0.2, -0.15) is 13.5 Å². The number of aryl methyl sites for hydroxylation is 2. The molecule has 2 aromatic rings. The fraction of sp³-hybridized carbons (Fsp3) is 0.667. The minimum atomic E-state index is 0. The predicted molar refractivity (Wildman–Crippen MR) is 178 cm³/mol. The van der Waals surface area contributed by atoms with Crippen molar-refractivity contribution in [2.75, 3.05) is 0 Å². The maximum Gasteiger partial charge on any atom is 0.118 e. The van der Waals surface area contributed by atoms with E-state index < -0.39 is 0 Å². The molecule has 0 fully saturated rings. The highest BCUT2D eigenvalue weighted by atomic mass is 32.1. The maximum atomic E-state index is 9.65. The zero-order chi connectivity index (χ0) is 27.5. The fourth-order valence-corrected chi connectivity index (χ4v) is 5.05. The Morgan fingerprint density at radius 1 is 0.385 bits per heavy atom. The minimum Gasteiger partial charge on any atom is -0.508 e. The Balaban J connectivity index is 0.000000722. The normalized spacial score (nSPS) is 10.5. The van der Waals surface area contributed by atoms with E-state index in [1.807, 2.05) is 36.4 Å². The lowest BCUT2D eigenvalue weighted by molar-refractivity contribution is 0.465. The summed E-state index contributed by atoms with van der Waals surface area (Å²) in [5.74, 6) is 0.914. The highest BCUT2D eigenvalue weighted by Gasteiger charge is 2.00. The largest absolute Gasteiger partial charge is 0.508 e. The standard InChI is InChI=1S/2C18H30O.H2S/c2*1-2-3-4-5-6-7-8-9-10-11-14-17-15-12-13-16-18(17)19;/h2*12-13,15-16,19H,2-11,14H2,1H3;1H2. The van der Waals surface area contributed by atoms with Crippen molar-refractivity contribution in [3.63, 3.8) is 0 Å². The molecule has 0 spiro atoms. The van der Waals surface area contributed by atoms with Crippen LogP contribution in [-0.4, -0.2) is 10.2 Å². The first-order chi connectivity index (χ1) is 18.7. The van der Waals surface area contributed by atoms with Crippen LogP contribution in [0.4, 0.5) is 0 Å². The van der Waals surface area contributed by atoms with Gasteiger partial charge in [-0.15, -0.1) is 0 Å². The molecule has 0 aliphatic rings. The molecule has 39 heavy (non-hydrogen) atoms. The third kappa shape index (κ3) is 21.8. The zero-order valence-electron chi connectivity index (χ0n) is 25.6. The first-order valence-corrected chi connectivity index (χ1v) is 16.2. The Morgan fingerprint density at radius 3 is 0.923 bits per heavy atom. The second kappa shape index (κ2) is 27.9. The van der Waals surface area contributed by atoms with Crippen molar-refractivity contribution in [3.05, 3.63) is 59.7 Å². The van der Waals surface area contributed by atoms with Crippen molar-refractivity contribution in [2.45, 2.75) is 155 Å². The summed E-state index contributed by atoms with van der Waals surface area (Å²) in [7, 11) is 0. The number of para-hydroxylation sites is 2. The summed E-state index contributed by atoms with van der Waals surface area (Å²) in [6.45, 7) is 4.54. The first-order valence-electron chi connectivity index (χ1n) is 16.2. The average molecular weight is 559 g/mol. The van der Waals surface area contributed by atoms with Crippen LogP contribution >= 0.6 is 13.5 Å². The number of benzene rings is 2. The van der Waals surface area contributed by atoms with E-state index in [1.165, 1.54) is 128 Å². The number of hydrogen-bond acceptors (Lipinski definition) is 2. The minimum absolute atomic E-state index is 0. The summed E-state index contributed by atoms with van der Waals surface area (Å²) >= 11 is 0. The summed E-state index contributed by atoms with van der Waals surface area (Å²) in [6, 6.07) is 15.4. The first kappa shape index (κ1) is 37.4. The second-order valence-corrected chi connectivity index (χ2v) is 11.1. The zero-order valence-corrected chi connectivity index (χ0v) is 26.6. The van der Waals surface area contributed by atoms with Gasteiger partial charge in [0.15, 0.2) is 0 Å². The molecule has 0 bridgehead atoms. The molecule has 0 heterocycles. The van der Waals surface area contributed by atoms with Crippen LogP contribution in [0.1, 0.15) is 153 Å². The van der Waals surface area contributed by atoms with Gasteiger partial charge in [0, 0.05) is 0 Å². The number of aromatic hydroxyl groups is 2. The molecule has 0 aliphatic heterocycles. The van der Waals surface area contributed by atoms with E-state index >= 15 is 0 Å². The molecule has 3 heteroatoms. The van der Waals surface area contributed by atoms with E-state index in [-0.39, 0.29) is 13.5 Å². The van der Waals surface area contributed by atoms with Crippen molar-refractivity contribution in [1.82, 2.24) is 0 Å². The number of hydrogen-bond donors (Lipinski definition) is 2. The Hall–Kier alpha value is -1.61. The van der Waals surface area contributed by atoms with Crippen LogP contribution < -0.4 is 0 Å². The molecule has 0 aromatic heterocycles. The van der Waals surface area contributed by atoms with Crippen molar-refractivity contribution < 1.29 is 10.2 Å². The number of unbranched alkanes of at least 4 members (excludes halogenated alkanes) is 18. The Bertz CT molecular complexity index is 711. The smallest absolute Gasteiger partial charge is 0.118 e. The highest BCUT2D eigenvalue weighted by molar-refractivity contribution is 7.59. The van der Waals surface area contributed by atoms with Crippen molar-refractivity contribution in [1.29, 1.82) is 0 Å². The van der Waals surface area contributed by atoms with Gasteiger partial charge in [-0.05, 0) is 48.9 Å². The molecule has 0 saturated heterocycles. The molecule has 0 saturated carbocycles. The summed E-state index contributed by atoms with van der Waals surface area (Å²) in [5, 5.41) is 19.3. The van der Waals surface area contributed by atoms with Gasteiger partial charge in [0.05, 0.1) is 0 Å². The van der Waals surface area contributed by atoms with Crippen LogP contribution in [0.15, 0.2) is 48.5 Å². The quantitative estimate of drug-likeness (QED) is 0.141. The number of rotatable bonds is 22. The van der Waals surface area contributed by atoms with E-state index in [2.05, 4.69) is 13.8 Å². The molecule has 0 aliphatic carbocycles. The number of phenolic OH excluding ortho intramolecular Hbond substituents is 2. The van der Waals surface area contributed by atoms with E-state index in [4.69, 9.17) is 0 Å². The monoisotopic (exact) mass is 558 g/mol. The summed E-state index contributed by atoms with van der Waals surface area (Å²) in [5.41, 5.74) is 2.20. The summed E-state index contributed by atoms with van der Waals surface area (Å²) < 4.78 is 0. The molecule has 2 aromatic carbocycles. The molecule has 2 nitrogen and oxygen atoms in total. The molecule has 0 radical (unpaired) electrons. The lowest BCUT2D eigenvalue weighted by atomic mass is 10.0. The SMILES string of the molecule is CCCCCCCCCCCCc1ccccc1O.CCCCCCCCCCCCc1ccccc1O.S. The van der Waals surface area contributed by atoms with Gasteiger partial charge in [0.25, 0.3) is 0 Å². The molecule has 224 valence electrons. The highest BCUT2D eigenvalue weighted by Crippen LogP contribution is 2.20. The topological polar surface area (TPSA) is 40.5 Å². The van der Waals surface area contributed by atoms with E-state index in [9.17, 15) is 10.2 Å². The van der Waals surface area contributed by atoms with Gasteiger partial charge >= 0.3 is 0 Å². The Morgan fingerprint density at radius 2 is 0.641 bits per heavy atom. The Labute approximate surface area is 249 Å². The third-order valence-electron chi connectivity index (χ3n) is 7.58. The second-order valence-electron chi connectivity index (χ2n) is 11.1. The molecule has 0 unspecified atom stereocenters. The van der Waals surface area contributed by atoms with Crippen LogP contribution in [-0.2, 0) is 12.8 Å². The van der Waals surface area contributed by atoms with Gasteiger partial charge in [0.1, 0.15) is 11.5 Å². The maximum absolute atomic E-state index is 9.65. The summed E-state index contributed by atoms with van der Waals surface area (Å²) in [4.78, 5) is 0. The third-order valence-corrected chi connectivity index (χ3v) is 7.58. The van der Waals surface area contributed by atoms with Gasteiger partial charge in [-0.25, -0.2) is 0 Å². The van der Waals surface area contributed by atoms with Crippen LogP contribution in [0.3, 0.4) is 0 Å². The van der Waals surface area contributed by atoms with E-state index in [0.717, 1.165) is 24.0 Å². The molecular formula is C36H62O2S. The van der Waals surface area contributed by atoms with Gasteiger partial charge in [0.2, 0.25) is 0 Å². The van der Waals surface area contributed by atoms with Crippen molar-refractivity contribution in [2.24, 2.45) is 0 Å². The van der Waals surface area contributed by atoms with Crippen molar-refractivity contribution in [3.8, 4) is 11.5 Å². The van der Waals surface area contributed by atoms with Gasteiger partial charge in [-0.3, -0.25) is 0 Å². The van der Waals surface area contributed by atoms with Crippen molar-refractivity contribution >= 4 is 13.5 Å². The number of phenols is 2. The summed E-state index contributed by atoms with van der Waals surface area (Å²) in [6.07, 6.45) is 29.3. The fourth-order valence-electron chi connectivity index (χ4n) is 5.05. The molecule has 0 amide bonds. The van der Waals surface area contributed by atoms with Gasteiger partial charge in [-0.1, -0.05) is 166 Å². The Kier molecular flexibility index (Phi) is 26.8. The van der Waals surface area contributed by atoms with E-state index in [0.29, 0.717) is 11.5 Å². The predicted octanol–water partition coefficient (Wildman–Crippen LogP) is 11.8. The average Bonchev–Trinajstić information content (AvgIpc) is 2.93. The molecule has 0 atom stereocenters. The lowest BCUT2D eigenvalue weighted by Crippen LogP contribution is -1.87. The van der Waals surface area contributed by atoms with Crippen LogP contribution in [0.5, 0.6) is 11.5 Å². The van der Waals surface area contributed by atoms with Crippen LogP contribution in [0.25, 0.3) is 0 Å². The van der Waals surface area contributed by atoms with E-state index in [1.54, 1.807) is 12.1 Å². The van der Waals surface area contributed by atoms with Crippen LogP contribution in [0.2, 0.25) is 0 Å². The molecule has 2 N–H and O–H groups in total.